The van der Waals surface area contributed by atoms with Crippen LogP contribution in [0, 0.1) is 0 Å². The summed E-state index contributed by atoms with van der Waals surface area (Å²) in [6.45, 7) is 1.32. The molecule has 0 amide bonds. The Morgan fingerprint density at radius 3 is 2.70 bits per heavy atom. The smallest absolute Gasteiger partial charge is 0.170 e. The molecule has 4 N–H and O–H groups in total. The summed E-state index contributed by atoms with van der Waals surface area (Å²) in [5, 5.41) is 15.9. The summed E-state index contributed by atoms with van der Waals surface area (Å²) in [5.74, 6) is 0.116. The van der Waals surface area contributed by atoms with E-state index < -0.39 is 0 Å². The molecule has 4 nitrogen and oxygen atoms in total. The van der Waals surface area contributed by atoms with Gasteiger partial charge in [0.15, 0.2) is 5.84 Å². The molecule has 0 heterocycles. The fraction of sp³-hybridized carbons (Fsp3) is 0.133. The molecule has 5 heteroatoms. The minimum atomic E-state index is 0.116. The van der Waals surface area contributed by atoms with Gasteiger partial charge in [-0.05, 0) is 23.3 Å². The van der Waals surface area contributed by atoms with Crippen LogP contribution in [0.4, 0.5) is 0 Å². The van der Waals surface area contributed by atoms with Gasteiger partial charge in [0, 0.05) is 23.7 Å². The molecule has 0 spiro atoms. The van der Waals surface area contributed by atoms with Crippen LogP contribution < -0.4 is 11.1 Å². The lowest BCUT2D eigenvalue weighted by atomic mass is 10.1. The highest BCUT2D eigenvalue weighted by Crippen LogP contribution is 2.11. The third-order valence-electron chi connectivity index (χ3n) is 2.93. The van der Waals surface area contributed by atoms with Crippen molar-refractivity contribution in [3.63, 3.8) is 0 Å². The summed E-state index contributed by atoms with van der Waals surface area (Å²) in [6.07, 6.45) is 0. The summed E-state index contributed by atoms with van der Waals surface area (Å²) >= 11 is 5.94. The lowest BCUT2D eigenvalue weighted by molar-refractivity contribution is 0.318. The van der Waals surface area contributed by atoms with Gasteiger partial charge in [-0.2, -0.15) is 0 Å². The summed E-state index contributed by atoms with van der Waals surface area (Å²) in [4.78, 5) is 0. The number of nitrogens with two attached hydrogens (primary N) is 1. The number of rotatable bonds is 5. The highest BCUT2D eigenvalue weighted by Gasteiger charge is 2.05. The first kappa shape index (κ1) is 14.4. The van der Waals surface area contributed by atoms with Gasteiger partial charge in [-0.15, -0.1) is 0 Å². The molecular formula is C15H16ClN3O. The first-order chi connectivity index (χ1) is 9.70. The fourth-order valence-corrected chi connectivity index (χ4v) is 2.18. The third-order valence-corrected chi connectivity index (χ3v) is 3.17. The number of oxime groups is 1. The standard InChI is InChI=1S/C15H16ClN3O/c16-13-6-3-4-11(8-13)9-18-10-12-5-1-2-7-14(12)15(17)19-20/h1-8,18,20H,9-10H2,(H2,17,19). The zero-order valence-electron chi connectivity index (χ0n) is 10.9. The van der Waals surface area contributed by atoms with Crippen molar-refractivity contribution in [1.82, 2.24) is 5.32 Å². The van der Waals surface area contributed by atoms with E-state index >= 15 is 0 Å². The summed E-state index contributed by atoms with van der Waals surface area (Å²) in [5.41, 5.74) is 8.47. The molecule has 0 unspecified atom stereocenters. The Morgan fingerprint density at radius 2 is 1.95 bits per heavy atom. The number of hydrogen-bond acceptors (Lipinski definition) is 3. The van der Waals surface area contributed by atoms with Crippen molar-refractivity contribution in [2.45, 2.75) is 13.1 Å². The summed E-state index contributed by atoms with van der Waals surface area (Å²) in [6, 6.07) is 15.2. The first-order valence-electron chi connectivity index (χ1n) is 6.21. The third kappa shape index (κ3) is 3.73. The van der Waals surface area contributed by atoms with E-state index in [9.17, 15) is 0 Å². The Balaban J connectivity index is 2.01. The fourth-order valence-electron chi connectivity index (χ4n) is 1.97. The molecule has 0 saturated carbocycles. The Hall–Kier alpha value is -2.04. The van der Waals surface area contributed by atoms with E-state index in [2.05, 4.69) is 10.5 Å². The second-order valence-corrected chi connectivity index (χ2v) is 4.81. The zero-order chi connectivity index (χ0) is 14.4. The molecule has 0 radical (unpaired) electrons. The van der Waals surface area contributed by atoms with Crippen LogP contribution in [0.15, 0.2) is 53.7 Å². The number of benzene rings is 2. The molecule has 2 rings (SSSR count). The highest BCUT2D eigenvalue weighted by atomic mass is 35.5. The molecule has 2 aromatic carbocycles. The van der Waals surface area contributed by atoms with Crippen molar-refractivity contribution in [1.29, 1.82) is 0 Å². The van der Waals surface area contributed by atoms with Gasteiger partial charge in [0.1, 0.15) is 0 Å². The average molecular weight is 290 g/mol. The van der Waals surface area contributed by atoms with Gasteiger partial charge in [0.05, 0.1) is 0 Å². The van der Waals surface area contributed by atoms with Gasteiger partial charge >= 0.3 is 0 Å². The molecule has 2 aromatic rings. The Morgan fingerprint density at radius 1 is 1.15 bits per heavy atom. The van der Waals surface area contributed by atoms with Crippen LogP contribution in [-0.4, -0.2) is 11.0 Å². The van der Waals surface area contributed by atoms with E-state index in [1.165, 1.54) is 0 Å². The maximum Gasteiger partial charge on any atom is 0.170 e. The summed E-state index contributed by atoms with van der Waals surface area (Å²) < 4.78 is 0. The van der Waals surface area contributed by atoms with Crippen LogP contribution in [0.3, 0.4) is 0 Å². The van der Waals surface area contributed by atoms with Crippen LogP contribution in [0.25, 0.3) is 0 Å². The maximum absolute atomic E-state index is 8.77. The van der Waals surface area contributed by atoms with Crippen molar-refractivity contribution >= 4 is 17.4 Å². The SMILES string of the molecule is NC(=NO)c1ccccc1CNCc1cccc(Cl)c1. The van der Waals surface area contributed by atoms with Crippen LogP contribution in [0.1, 0.15) is 16.7 Å². The van der Waals surface area contributed by atoms with Crippen LogP contribution in [0.2, 0.25) is 5.02 Å². The largest absolute Gasteiger partial charge is 0.409 e. The van der Waals surface area contributed by atoms with Crippen LogP contribution in [0.5, 0.6) is 0 Å². The summed E-state index contributed by atoms with van der Waals surface area (Å²) in [7, 11) is 0. The van der Waals surface area contributed by atoms with Gasteiger partial charge in [0.25, 0.3) is 0 Å². The molecule has 0 bridgehead atoms. The van der Waals surface area contributed by atoms with E-state index in [-0.39, 0.29) is 5.84 Å². The van der Waals surface area contributed by atoms with E-state index in [1.807, 2.05) is 48.5 Å². The molecule has 104 valence electrons. The molecule has 0 saturated heterocycles. The number of nitrogens with one attached hydrogen (secondary N) is 1. The van der Waals surface area contributed by atoms with Crippen molar-refractivity contribution < 1.29 is 5.21 Å². The van der Waals surface area contributed by atoms with Crippen LogP contribution in [-0.2, 0) is 13.1 Å². The number of nitrogens with zero attached hydrogens (tertiary/aromatic N) is 1. The van der Waals surface area contributed by atoms with Gasteiger partial charge in [-0.25, -0.2) is 0 Å². The first-order valence-corrected chi connectivity index (χ1v) is 6.59. The lowest BCUT2D eigenvalue weighted by Gasteiger charge is -2.09. The number of hydrogen-bond donors (Lipinski definition) is 3. The molecule has 0 aromatic heterocycles. The van der Waals surface area contributed by atoms with Gasteiger partial charge < -0.3 is 16.3 Å². The minimum absolute atomic E-state index is 0.116. The lowest BCUT2D eigenvalue weighted by Crippen LogP contribution is -2.19. The van der Waals surface area contributed by atoms with E-state index in [4.69, 9.17) is 22.5 Å². The molecule has 0 fully saturated rings. The maximum atomic E-state index is 8.77. The highest BCUT2D eigenvalue weighted by molar-refractivity contribution is 6.30. The second-order valence-electron chi connectivity index (χ2n) is 4.38. The normalized spacial score (nSPS) is 11.6. The Kier molecular flexibility index (Phi) is 4.98. The predicted octanol–water partition coefficient (Wildman–Crippen LogP) is 2.72. The average Bonchev–Trinajstić information content (AvgIpc) is 2.47. The van der Waals surface area contributed by atoms with Crippen molar-refractivity contribution in [3.8, 4) is 0 Å². The quantitative estimate of drug-likeness (QED) is 0.343. The number of halogens is 1. The molecule has 0 atom stereocenters. The van der Waals surface area contributed by atoms with Crippen molar-refractivity contribution in [2.75, 3.05) is 0 Å². The van der Waals surface area contributed by atoms with Crippen molar-refractivity contribution in [3.05, 3.63) is 70.2 Å². The van der Waals surface area contributed by atoms with Crippen LogP contribution >= 0.6 is 11.6 Å². The predicted molar refractivity (Wildman–Crippen MR) is 80.9 cm³/mol. The molecule has 20 heavy (non-hydrogen) atoms. The van der Waals surface area contributed by atoms with Crippen molar-refractivity contribution in [2.24, 2.45) is 10.9 Å². The monoisotopic (exact) mass is 289 g/mol. The minimum Gasteiger partial charge on any atom is -0.409 e. The van der Waals surface area contributed by atoms with E-state index in [1.54, 1.807) is 0 Å². The number of amidine groups is 1. The molecule has 0 aliphatic rings. The Bertz CT molecular complexity index is 614. The van der Waals surface area contributed by atoms with Gasteiger partial charge in [-0.1, -0.05) is 53.2 Å². The molecular weight excluding hydrogens is 274 g/mol. The second kappa shape index (κ2) is 6.93. The van der Waals surface area contributed by atoms with E-state index in [0.29, 0.717) is 13.1 Å². The van der Waals surface area contributed by atoms with E-state index in [0.717, 1.165) is 21.7 Å². The molecule has 0 aliphatic heterocycles. The van der Waals surface area contributed by atoms with Gasteiger partial charge in [-0.3, -0.25) is 0 Å². The Labute approximate surface area is 122 Å². The topological polar surface area (TPSA) is 70.6 Å². The van der Waals surface area contributed by atoms with Gasteiger partial charge in [0.2, 0.25) is 0 Å². The molecule has 0 aliphatic carbocycles. The zero-order valence-corrected chi connectivity index (χ0v) is 11.6.